The number of carboxylic acids is 1. The Labute approximate surface area is 165 Å². The Balaban J connectivity index is 1.87. The van der Waals surface area contributed by atoms with E-state index in [4.69, 9.17) is 0 Å². The van der Waals surface area contributed by atoms with Gasteiger partial charge in [0.25, 0.3) is 0 Å². The van der Waals surface area contributed by atoms with Crippen LogP contribution in [0.15, 0.2) is 103 Å². The highest BCUT2D eigenvalue weighted by atomic mass is 16.4. The number of hydrogen-bond donors (Lipinski definition) is 2. The van der Waals surface area contributed by atoms with E-state index in [-0.39, 0.29) is 6.04 Å². The van der Waals surface area contributed by atoms with E-state index in [9.17, 15) is 9.90 Å². The largest absolute Gasteiger partial charge is 0.481 e. The molecule has 0 saturated carbocycles. The van der Waals surface area contributed by atoms with Crippen molar-refractivity contribution in [2.45, 2.75) is 18.0 Å². The van der Waals surface area contributed by atoms with Crippen molar-refractivity contribution in [1.29, 1.82) is 0 Å². The van der Waals surface area contributed by atoms with Crippen LogP contribution in [0.2, 0.25) is 0 Å². The summed E-state index contributed by atoms with van der Waals surface area (Å²) < 4.78 is 0. The molecule has 0 amide bonds. The Bertz CT molecular complexity index is 855. The minimum Gasteiger partial charge on any atom is -0.481 e. The summed E-state index contributed by atoms with van der Waals surface area (Å²) in [5.74, 6) is -1.22. The van der Waals surface area contributed by atoms with Crippen molar-refractivity contribution in [3.05, 3.63) is 120 Å². The molecule has 3 nitrogen and oxygen atoms in total. The van der Waals surface area contributed by atoms with Gasteiger partial charge in [0, 0.05) is 6.04 Å². The summed E-state index contributed by atoms with van der Waals surface area (Å²) in [4.78, 5) is 11.4. The van der Waals surface area contributed by atoms with Crippen LogP contribution < -0.4 is 5.32 Å². The second-order valence-corrected chi connectivity index (χ2v) is 7.16. The lowest BCUT2D eigenvalue weighted by Gasteiger charge is -2.39. The van der Waals surface area contributed by atoms with Gasteiger partial charge in [-0.3, -0.25) is 10.1 Å². The second-order valence-electron chi connectivity index (χ2n) is 7.16. The van der Waals surface area contributed by atoms with Crippen molar-refractivity contribution in [2.24, 2.45) is 5.92 Å². The highest BCUT2D eigenvalue weighted by molar-refractivity contribution is 5.73. The van der Waals surface area contributed by atoms with Gasteiger partial charge >= 0.3 is 5.97 Å². The summed E-state index contributed by atoms with van der Waals surface area (Å²) in [5, 5.41) is 13.2. The van der Waals surface area contributed by atoms with Crippen molar-refractivity contribution in [3.63, 3.8) is 0 Å². The Morgan fingerprint density at radius 3 is 1.54 bits per heavy atom. The zero-order valence-corrected chi connectivity index (χ0v) is 15.5. The number of benzene rings is 3. The predicted octanol–water partition coefficient (Wildman–Crippen LogP) is 4.60. The molecule has 3 heteroatoms. The van der Waals surface area contributed by atoms with Crippen LogP contribution in [0.4, 0.5) is 0 Å². The maximum absolute atomic E-state index is 11.4. The molecule has 2 N–H and O–H groups in total. The molecule has 0 unspecified atom stereocenters. The quantitative estimate of drug-likeness (QED) is 0.493. The van der Waals surface area contributed by atoms with Crippen molar-refractivity contribution in [3.8, 4) is 0 Å². The topological polar surface area (TPSA) is 49.3 Å². The molecule has 0 saturated heterocycles. The smallest absolute Gasteiger partial charge is 0.310 e. The van der Waals surface area contributed by atoms with Gasteiger partial charge in [0.05, 0.1) is 11.5 Å². The van der Waals surface area contributed by atoms with Gasteiger partial charge in [-0.15, -0.1) is 0 Å². The van der Waals surface area contributed by atoms with Crippen molar-refractivity contribution >= 4 is 5.97 Å². The van der Waals surface area contributed by atoms with E-state index in [2.05, 4.69) is 41.7 Å². The number of aliphatic carboxylic acids is 1. The van der Waals surface area contributed by atoms with Crippen LogP contribution in [0.5, 0.6) is 0 Å². The zero-order chi connectivity index (χ0) is 19.4. The number of nitrogens with one attached hydrogen (secondary N) is 1. The molecule has 0 heterocycles. The van der Waals surface area contributed by atoms with Gasteiger partial charge in [-0.25, -0.2) is 0 Å². The molecule has 1 aliphatic rings. The Morgan fingerprint density at radius 2 is 1.18 bits per heavy atom. The number of hydrogen-bond acceptors (Lipinski definition) is 2. The highest BCUT2D eigenvalue weighted by Crippen LogP contribution is 2.38. The normalized spacial score (nSPS) is 18.9. The predicted molar refractivity (Wildman–Crippen MR) is 111 cm³/mol. The first-order valence-electron chi connectivity index (χ1n) is 9.55. The lowest BCUT2D eigenvalue weighted by molar-refractivity contribution is -0.140. The van der Waals surface area contributed by atoms with E-state index >= 15 is 0 Å². The van der Waals surface area contributed by atoms with E-state index in [1.165, 1.54) is 0 Å². The van der Waals surface area contributed by atoms with Crippen LogP contribution in [-0.4, -0.2) is 17.1 Å². The molecule has 28 heavy (non-hydrogen) atoms. The third-order valence-electron chi connectivity index (χ3n) is 5.42. The minimum atomic E-state index is -0.773. The van der Waals surface area contributed by atoms with Crippen LogP contribution in [-0.2, 0) is 10.3 Å². The van der Waals surface area contributed by atoms with Gasteiger partial charge in [0.15, 0.2) is 0 Å². The average molecular weight is 369 g/mol. The molecule has 4 rings (SSSR count). The van der Waals surface area contributed by atoms with Gasteiger partial charge in [-0.05, 0) is 23.1 Å². The third kappa shape index (κ3) is 3.37. The Kier molecular flexibility index (Phi) is 5.09. The van der Waals surface area contributed by atoms with Crippen LogP contribution in [0.25, 0.3) is 0 Å². The number of rotatable bonds is 6. The highest BCUT2D eigenvalue weighted by Gasteiger charge is 2.39. The summed E-state index contributed by atoms with van der Waals surface area (Å²) >= 11 is 0. The molecule has 0 bridgehead atoms. The minimum absolute atomic E-state index is 0.0401. The molecule has 3 aromatic carbocycles. The molecular formula is C25H23NO2. The van der Waals surface area contributed by atoms with Crippen molar-refractivity contribution in [2.75, 3.05) is 0 Å². The van der Waals surface area contributed by atoms with Gasteiger partial charge < -0.3 is 5.11 Å². The van der Waals surface area contributed by atoms with Crippen molar-refractivity contribution in [1.82, 2.24) is 5.32 Å². The first-order chi connectivity index (χ1) is 13.7. The first kappa shape index (κ1) is 18.2. The first-order valence-corrected chi connectivity index (χ1v) is 9.55. The number of carbonyl (C=O) groups is 1. The van der Waals surface area contributed by atoms with E-state index in [1.54, 1.807) is 6.08 Å². The van der Waals surface area contributed by atoms with E-state index in [1.807, 2.05) is 60.7 Å². The van der Waals surface area contributed by atoms with Crippen LogP contribution >= 0.6 is 0 Å². The monoisotopic (exact) mass is 369 g/mol. The SMILES string of the molecule is O=C(O)[C@H]1C=C[C@H](NC(c2ccccc2)(c2ccccc2)c2ccccc2)C1. The summed E-state index contributed by atoms with van der Waals surface area (Å²) in [6.45, 7) is 0. The van der Waals surface area contributed by atoms with Gasteiger partial charge in [0.2, 0.25) is 0 Å². The van der Waals surface area contributed by atoms with Crippen molar-refractivity contribution < 1.29 is 9.90 Å². The lowest BCUT2D eigenvalue weighted by Crippen LogP contribution is -2.49. The maximum Gasteiger partial charge on any atom is 0.310 e. The van der Waals surface area contributed by atoms with Crippen LogP contribution in [0, 0.1) is 5.92 Å². The fourth-order valence-electron chi connectivity index (χ4n) is 4.08. The van der Waals surface area contributed by atoms with E-state index < -0.39 is 17.4 Å². The maximum atomic E-state index is 11.4. The number of carboxylic acid groups (broad SMARTS) is 1. The Morgan fingerprint density at radius 1 is 0.750 bits per heavy atom. The summed E-state index contributed by atoms with van der Waals surface area (Å²) in [6.07, 6.45) is 4.33. The van der Waals surface area contributed by atoms with Gasteiger partial charge in [0.1, 0.15) is 0 Å². The van der Waals surface area contributed by atoms with Crippen LogP contribution in [0.1, 0.15) is 23.1 Å². The summed E-state index contributed by atoms with van der Waals surface area (Å²) in [5.41, 5.74) is 2.80. The molecule has 0 fully saturated rings. The summed E-state index contributed by atoms with van der Waals surface area (Å²) in [7, 11) is 0. The fraction of sp³-hybridized carbons (Fsp3) is 0.160. The third-order valence-corrected chi connectivity index (χ3v) is 5.42. The average Bonchev–Trinajstić information content (AvgIpc) is 3.23. The lowest BCUT2D eigenvalue weighted by atomic mass is 9.76. The van der Waals surface area contributed by atoms with Gasteiger partial charge in [-0.1, -0.05) is 103 Å². The zero-order valence-electron chi connectivity index (χ0n) is 15.5. The molecule has 3 aromatic rings. The summed E-state index contributed by atoms with van der Waals surface area (Å²) in [6, 6.07) is 31.0. The molecular weight excluding hydrogens is 346 g/mol. The van der Waals surface area contributed by atoms with Crippen LogP contribution in [0.3, 0.4) is 0 Å². The van der Waals surface area contributed by atoms with E-state index in [0.717, 1.165) is 16.7 Å². The molecule has 0 radical (unpaired) electrons. The molecule has 140 valence electrons. The van der Waals surface area contributed by atoms with Gasteiger partial charge in [-0.2, -0.15) is 0 Å². The molecule has 0 aliphatic heterocycles. The Hall–Kier alpha value is -3.17. The van der Waals surface area contributed by atoms with E-state index in [0.29, 0.717) is 6.42 Å². The second kappa shape index (κ2) is 7.83. The fourth-order valence-corrected chi connectivity index (χ4v) is 4.08. The molecule has 0 spiro atoms. The molecule has 0 aromatic heterocycles. The molecule has 1 aliphatic carbocycles. The molecule has 2 atom stereocenters. The standard InChI is InChI=1S/C25H23NO2/c27-24(28)19-16-17-23(18-19)26-25(20-10-4-1-5-11-20,21-12-6-2-7-13-21)22-14-8-3-9-15-22/h1-17,19,23,26H,18H2,(H,27,28)/t19-,23-/m0/s1.